The van der Waals surface area contributed by atoms with E-state index in [4.69, 9.17) is 9.47 Å². The third-order valence-electron chi connectivity index (χ3n) is 5.08. The first kappa shape index (κ1) is 21.9. The van der Waals surface area contributed by atoms with Gasteiger partial charge in [-0.1, -0.05) is 23.9 Å². The van der Waals surface area contributed by atoms with Crippen molar-refractivity contribution in [1.82, 2.24) is 29.6 Å². The Hall–Kier alpha value is -3.34. The lowest BCUT2D eigenvalue weighted by atomic mass is 10.1. The molecule has 11 heteroatoms. The van der Waals surface area contributed by atoms with E-state index in [1.165, 1.54) is 11.8 Å². The average Bonchev–Trinajstić information content (AvgIpc) is 3.25. The van der Waals surface area contributed by atoms with Gasteiger partial charge in [-0.2, -0.15) is 9.61 Å². The number of methoxy groups -OCH3 is 1. The second-order valence-electron chi connectivity index (χ2n) is 7.06. The molecule has 168 valence electrons. The minimum atomic E-state index is -0.332. The van der Waals surface area contributed by atoms with Gasteiger partial charge in [-0.05, 0) is 31.2 Å². The van der Waals surface area contributed by atoms with Gasteiger partial charge in [0.05, 0.1) is 25.2 Å². The third kappa shape index (κ3) is 4.77. The fourth-order valence-electron chi connectivity index (χ4n) is 3.37. The van der Waals surface area contributed by atoms with Crippen LogP contribution in [-0.4, -0.2) is 87.3 Å². The molecule has 0 atom stereocenters. The molecule has 3 heterocycles. The van der Waals surface area contributed by atoms with Gasteiger partial charge >= 0.3 is 6.09 Å². The molecule has 10 nitrogen and oxygen atoms in total. The molecule has 0 aliphatic carbocycles. The van der Waals surface area contributed by atoms with E-state index in [0.29, 0.717) is 43.6 Å². The van der Waals surface area contributed by atoms with Crippen LogP contribution in [0.4, 0.5) is 4.79 Å². The fraction of sp³-hybridized carbons (Fsp3) is 0.381. The van der Waals surface area contributed by atoms with Crippen molar-refractivity contribution in [2.75, 3.05) is 45.6 Å². The van der Waals surface area contributed by atoms with Gasteiger partial charge in [0.1, 0.15) is 5.75 Å². The smallest absolute Gasteiger partial charge is 0.409 e. The number of ether oxygens (including phenoxy) is 2. The van der Waals surface area contributed by atoms with Crippen molar-refractivity contribution < 1.29 is 19.1 Å². The molecule has 1 saturated heterocycles. The number of aromatic nitrogens is 4. The molecule has 2 amide bonds. The lowest BCUT2D eigenvalue weighted by molar-refractivity contribution is -0.129. The molecule has 1 fully saturated rings. The summed E-state index contributed by atoms with van der Waals surface area (Å²) >= 11 is 1.29. The van der Waals surface area contributed by atoms with Crippen LogP contribution >= 0.6 is 11.8 Å². The first-order chi connectivity index (χ1) is 15.6. The van der Waals surface area contributed by atoms with E-state index in [0.717, 1.165) is 17.0 Å². The summed E-state index contributed by atoms with van der Waals surface area (Å²) in [4.78, 5) is 27.9. The number of rotatable bonds is 6. The summed E-state index contributed by atoms with van der Waals surface area (Å²) < 4.78 is 12.0. The lowest BCUT2D eigenvalue weighted by Crippen LogP contribution is -2.51. The predicted molar refractivity (Wildman–Crippen MR) is 119 cm³/mol. The number of benzene rings is 1. The minimum Gasteiger partial charge on any atom is -0.497 e. The van der Waals surface area contributed by atoms with Gasteiger partial charge < -0.3 is 19.3 Å². The van der Waals surface area contributed by atoms with Gasteiger partial charge in [0.15, 0.2) is 5.65 Å². The summed E-state index contributed by atoms with van der Waals surface area (Å²) in [5.41, 5.74) is 2.26. The molecule has 0 saturated carbocycles. The Kier molecular flexibility index (Phi) is 6.74. The van der Waals surface area contributed by atoms with E-state index in [9.17, 15) is 9.59 Å². The highest BCUT2D eigenvalue weighted by atomic mass is 32.2. The quantitative estimate of drug-likeness (QED) is 0.520. The molecule has 0 radical (unpaired) electrons. The normalized spacial score (nSPS) is 13.9. The molecule has 3 aromatic rings. The molecule has 0 N–H and O–H groups in total. The van der Waals surface area contributed by atoms with Gasteiger partial charge in [-0.25, -0.2) is 4.79 Å². The predicted octanol–water partition coefficient (Wildman–Crippen LogP) is 2.19. The van der Waals surface area contributed by atoms with Crippen molar-refractivity contribution in [3.05, 3.63) is 36.4 Å². The molecule has 32 heavy (non-hydrogen) atoms. The number of nitrogens with zero attached hydrogens (tertiary/aromatic N) is 6. The van der Waals surface area contributed by atoms with Crippen molar-refractivity contribution in [2.24, 2.45) is 0 Å². The van der Waals surface area contributed by atoms with E-state index in [2.05, 4.69) is 15.3 Å². The van der Waals surface area contributed by atoms with Gasteiger partial charge in [0, 0.05) is 31.7 Å². The Morgan fingerprint density at radius 2 is 1.84 bits per heavy atom. The van der Waals surface area contributed by atoms with Crippen LogP contribution in [0, 0.1) is 0 Å². The Bertz CT molecular complexity index is 1110. The Balaban J connectivity index is 1.40. The minimum absolute atomic E-state index is 0.0146. The second kappa shape index (κ2) is 9.86. The molecular weight excluding hydrogens is 432 g/mol. The van der Waals surface area contributed by atoms with Crippen LogP contribution in [0.1, 0.15) is 6.92 Å². The zero-order valence-corrected chi connectivity index (χ0v) is 18.7. The van der Waals surface area contributed by atoms with Crippen LogP contribution in [0.3, 0.4) is 0 Å². The highest BCUT2D eigenvalue weighted by Crippen LogP contribution is 2.24. The van der Waals surface area contributed by atoms with Crippen LogP contribution in [0.25, 0.3) is 16.9 Å². The monoisotopic (exact) mass is 456 g/mol. The van der Waals surface area contributed by atoms with Crippen LogP contribution in [-0.2, 0) is 9.53 Å². The maximum atomic E-state index is 12.7. The topological polar surface area (TPSA) is 102 Å². The summed E-state index contributed by atoms with van der Waals surface area (Å²) in [5, 5.41) is 13.5. The number of hydrogen-bond donors (Lipinski definition) is 0. The summed E-state index contributed by atoms with van der Waals surface area (Å²) in [6.07, 6.45) is -0.332. The Labute approximate surface area is 189 Å². The lowest BCUT2D eigenvalue weighted by Gasteiger charge is -2.33. The Morgan fingerprint density at radius 1 is 1.06 bits per heavy atom. The van der Waals surface area contributed by atoms with Crippen molar-refractivity contribution in [3.8, 4) is 17.0 Å². The molecule has 1 aromatic carbocycles. The van der Waals surface area contributed by atoms with E-state index < -0.39 is 0 Å². The first-order valence-electron chi connectivity index (χ1n) is 10.3. The van der Waals surface area contributed by atoms with Crippen molar-refractivity contribution >= 4 is 29.4 Å². The SMILES string of the molecule is CCOC(=O)N1CCN(C(=O)CSc2nnc3ccc(-c4cccc(OC)c4)nn23)CC1. The van der Waals surface area contributed by atoms with Gasteiger partial charge in [0.2, 0.25) is 11.1 Å². The van der Waals surface area contributed by atoms with E-state index in [1.54, 1.807) is 28.3 Å². The summed E-state index contributed by atoms with van der Waals surface area (Å²) in [5.74, 6) is 0.946. The fourth-order valence-corrected chi connectivity index (χ4v) is 4.16. The standard InChI is InChI=1S/C21H24N6O4S/c1-3-31-21(29)26-11-9-25(10-12-26)19(28)14-32-20-23-22-18-8-7-17(24-27(18)20)15-5-4-6-16(13-15)30-2/h4-8,13H,3,9-12,14H2,1-2H3. The highest BCUT2D eigenvalue weighted by Gasteiger charge is 2.25. The van der Waals surface area contributed by atoms with Crippen molar-refractivity contribution in [3.63, 3.8) is 0 Å². The second-order valence-corrected chi connectivity index (χ2v) is 8.00. The Morgan fingerprint density at radius 3 is 2.59 bits per heavy atom. The number of fused-ring (bicyclic) bond motifs is 1. The summed E-state index contributed by atoms with van der Waals surface area (Å²) in [7, 11) is 1.62. The number of carbonyl (C=O) groups excluding carboxylic acids is 2. The molecule has 4 rings (SSSR count). The van der Waals surface area contributed by atoms with Gasteiger partial charge in [-0.3, -0.25) is 4.79 Å². The van der Waals surface area contributed by atoms with Crippen LogP contribution < -0.4 is 4.74 Å². The first-order valence-corrected chi connectivity index (χ1v) is 11.3. The maximum Gasteiger partial charge on any atom is 0.409 e. The molecule has 0 unspecified atom stereocenters. The van der Waals surface area contributed by atoms with Crippen LogP contribution in [0.2, 0.25) is 0 Å². The van der Waals surface area contributed by atoms with Gasteiger partial charge in [-0.15, -0.1) is 10.2 Å². The van der Waals surface area contributed by atoms with Crippen molar-refractivity contribution in [2.45, 2.75) is 12.1 Å². The molecule has 0 bridgehead atoms. The number of carbonyl (C=O) groups is 2. The maximum absolute atomic E-state index is 12.7. The van der Waals surface area contributed by atoms with Crippen molar-refractivity contribution in [1.29, 1.82) is 0 Å². The number of hydrogen-bond acceptors (Lipinski definition) is 8. The molecule has 1 aliphatic heterocycles. The van der Waals surface area contributed by atoms with Crippen LogP contribution in [0.5, 0.6) is 5.75 Å². The van der Waals surface area contributed by atoms with Gasteiger partial charge in [0.25, 0.3) is 0 Å². The van der Waals surface area contributed by atoms with Crippen LogP contribution in [0.15, 0.2) is 41.6 Å². The summed E-state index contributed by atoms with van der Waals surface area (Å²) in [6, 6.07) is 11.4. The largest absolute Gasteiger partial charge is 0.497 e. The highest BCUT2D eigenvalue weighted by molar-refractivity contribution is 7.99. The zero-order chi connectivity index (χ0) is 22.5. The molecule has 1 aliphatic rings. The number of thioether (sulfide) groups is 1. The van der Waals surface area contributed by atoms with E-state index in [-0.39, 0.29) is 17.8 Å². The average molecular weight is 457 g/mol. The number of amides is 2. The van der Waals surface area contributed by atoms with E-state index in [1.807, 2.05) is 36.4 Å². The zero-order valence-electron chi connectivity index (χ0n) is 17.9. The number of piperazine rings is 1. The van der Waals surface area contributed by atoms with E-state index >= 15 is 0 Å². The molecule has 2 aromatic heterocycles. The molecule has 0 spiro atoms. The summed E-state index contributed by atoms with van der Waals surface area (Å²) in [6.45, 7) is 4.02. The third-order valence-corrected chi connectivity index (χ3v) is 5.99. The molecular formula is C21H24N6O4S.